The molecule has 0 radical (unpaired) electrons. The molecule has 7 nitrogen and oxygen atoms in total. The van der Waals surface area contributed by atoms with Crippen LogP contribution in [-0.4, -0.2) is 39.0 Å². The van der Waals surface area contributed by atoms with E-state index in [-0.39, 0.29) is 47.3 Å². The van der Waals surface area contributed by atoms with Crippen molar-refractivity contribution in [3.05, 3.63) is 76.9 Å². The Hall–Kier alpha value is -3.16. The molecule has 2 aromatic carbocycles. The summed E-state index contributed by atoms with van der Waals surface area (Å²) in [4.78, 5) is 22.8. The van der Waals surface area contributed by atoms with Gasteiger partial charge in [-0.15, -0.1) is 0 Å². The minimum absolute atomic E-state index is 0.00291. The lowest BCUT2D eigenvalue weighted by Crippen LogP contribution is -2.28. The maximum Gasteiger partial charge on any atom is 0.339 e. The topological polar surface area (TPSA) is 124 Å². The molecule has 0 saturated carbocycles. The first-order chi connectivity index (χ1) is 13.2. The quantitative estimate of drug-likeness (QED) is 0.237. The van der Waals surface area contributed by atoms with Crippen molar-refractivity contribution in [3.8, 4) is 5.75 Å². The third-order valence-corrected chi connectivity index (χ3v) is 4.22. The molecule has 4 N–H and O–H groups in total. The third-order valence-electron chi connectivity index (χ3n) is 4.22. The molecule has 0 aliphatic heterocycles. The van der Waals surface area contributed by atoms with Crippen molar-refractivity contribution in [2.24, 2.45) is 0 Å². The zero-order valence-corrected chi connectivity index (χ0v) is 15.4. The molecular weight excluding hydrogens is 364 g/mol. The molecular formula is C21H22O7. The Labute approximate surface area is 162 Å². The predicted molar refractivity (Wildman–Crippen MR) is 101 cm³/mol. The number of aromatic hydroxyl groups is 1. The highest BCUT2D eigenvalue weighted by Crippen LogP contribution is 2.36. The fourth-order valence-electron chi connectivity index (χ4n) is 2.75. The van der Waals surface area contributed by atoms with Gasteiger partial charge in [-0.05, 0) is 25.8 Å². The molecule has 0 unspecified atom stereocenters. The highest BCUT2D eigenvalue weighted by molar-refractivity contribution is 5.91. The summed E-state index contributed by atoms with van der Waals surface area (Å²) in [5, 5.41) is 41.1. The van der Waals surface area contributed by atoms with E-state index in [9.17, 15) is 30.0 Å². The van der Waals surface area contributed by atoms with Gasteiger partial charge in [0, 0.05) is 22.3 Å². The summed E-state index contributed by atoms with van der Waals surface area (Å²) in [5.74, 6) is -4.91. The molecule has 0 aromatic heterocycles. The van der Waals surface area contributed by atoms with Crippen LogP contribution in [0.1, 0.15) is 40.4 Å². The van der Waals surface area contributed by atoms with Gasteiger partial charge in [0.25, 0.3) is 0 Å². The largest absolute Gasteiger partial charge is 0.507 e. The van der Waals surface area contributed by atoms with Gasteiger partial charge in [-0.1, -0.05) is 43.0 Å². The number of benzene rings is 2. The maximum absolute atomic E-state index is 11.4. The minimum Gasteiger partial charge on any atom is -0.507 e. The average Bonchev–Trinajstić information content (AvgIpc) is 2.65. The summed E-state index contributed by atoms with van der Waals surface area (Å²) < 4.78 is 4.99. The van der Waals surface area contributed by atoms with E-state index < -0.39 is 23.5 Å². The Morgan fingerprint density at radius 3 is 2.32 bits per heavy atom. The van der Waals surface area contributed by atoms with Crippen LogP contribution in [0.15, 0.2) is 54.6 Å². The molecule has 0 aliphatic rings. The van der Waals surface area contributed by atoms with E-state index in [1.54, 1.807) is 18.2 Å². The Kier molecular flexibility index (Phi) is 6.56. The SMILES string of the molecule is C=C(C)C(=O)OCCCc1c(C(O)(O)c2ccccc2)ccc(C(=O)O)c1O. The van der Waals surface area contributed by atoms with E-state index in [0.717, 1.165) is 6.07 Å². The fourth-order valence-corrected chi connectivity index (χ4v) is 2.75. The summed E-state index contributed by atoms with van der Waals surface area (Å²) in [6, 6.07) is 10.3. The molecule has 28 heavy (non-hydrogen) atoms. The van der Waals surface area contributed by atoms with Crippen LogP contribution >= 0.6 is 0 Å². The van der Waals surface area contributed by atoms with Crippen molar-refractivity contribution in [2.75, 3.05) is 6.61 Å². The predicted octanol–water partition coefficient (Wildman–Crippen LogP) is 2.33. The number of phenols is 1. The first-order valence-corrected chi connectivity index (χ1v) is 8.57. The first-order valence-electron chi connectivity index (χ1n) is 8.57. The summed E-state index contributed by atoms with van der Waals surface area (Å²) in [7, 11) is 0. The van der Waals surface area contributed by atoms with E-state index in [1.807, 2.05) is 0 Å². The number of hydrogen-bond acceptors (Lipinski definition) is 6. The van der Waals surface area contributed by atoms with Crippen LogP contribution in [0.25, 0.3) is 0 Å². The number of ether oxygens (including phenoxy) is 1. The van der Waals surface area contributed by atoms with Gasteiger partial charge in [0.15, 0.2) is 0 Å². The van der Waals surface area contributed by atoms with Crippen molar-refractivity contribution in [2.45, 2.75) is 25.6 Å². The number of carboxylic acid groups (broad SMARTS) is 1. The highest BCUT2D eigenvalue weighted by atomic mass is 16.5. The molecule has 2 aromatic rings. The van der Waals surface area contributed by atoms with Gasteiger partial charge in [-0.3, -0.25) is 0 Å². The Bertz CT molecular complexity index is 885. The summed E-state index contributed by atoms with van der Waals surface area (Å²) in [6.45, 7) is 4.98. The lowest BCUT2D eigenvalue weighted by Gasteiger charge is -2.26. The van der Waals surface area contributed by atoms with Gasteiger partial charge >= 0.3 is 11.9 Å². The van der Waals surface area contributed by atoms with Crippen LogP contribution in [0.4, 0.5) is 0 Å². The van der Waals surface area contributed by atoms with E-state index in [2.05, 4.69) is 6.58 Å². The number of carbonyl (C=O) groups is 2. The molecule has 7 heteroatoms. The van der Waals surface area contributed by atoms with Gasteiger partial charge < -0.3 is 25.2 Å². The smallest absolute Gasteiger partial charge is 0.339 e. The second-order valence-corrected chi connectivity index (χ2v) is 6.35. The van der Waals surface area contributed by atoms with Crippen LogP contribution < -0.4 is 0 Å². The molecule has 0 fully saturated rings. The summed E-state index contributed by atoms with van der Waals surface area (Å²) >= 11 is 0. The van der Waals surface area contributed by atoms with Gasteiger partial charge in [0.05, 0.1) is 6.61 Å². The van der Waals surface area contributed by atoms with Gasteiger partial charge in [0.1, 0.15) is 11.3 Å². The summed E-state index contributed by atoms with van der Waals surface area (Å²) in [5.41, 5.74) is 0.0479. The van der Waals surface area contributed by atoms with Crippen molar-refractivity contribution in [3.63, 3.8) is 0 Å². The number of aliphatic hydroxyl groups is 2. The molecule has 0 aliphatic carbocycles. The number of rotatable bonds is 8. The molecule has 0 saturated heterocycles. The number of aromatic carboxylic acids is 1. The lowest BCUT2D eigenvalue weighted by atomic mass is 9.89. The first kappa shape index (κ1) is 21.1. The minimum atomic E-state index is -2.44. The number of esters is 1. The molecule has 0 spiro atoms. The third kappa shape index (κ3) is 4.57. The molecule has 0 atom stereocenters. The maximum atomic E-state index is 11.4. The summed E-state index contributed by atoms with van der Waals surface area (Å²) in [6.07, 6.45) is 0.287. The molecule has 0 bridgehead atoms. The zero-order chi connectivity index (χ0) is 20.9. The number of carbonyl (C=O) groups excluding carboxylic acids is 1. The van der Waals surface area contributed by atoms with Crippen molar-refractivity contribution >= 4 is 11.9 Å². The fraction of sp³-hybridized carbons (Fsp3) is 0.238. The molecule has 0 heterocycles. The number of carboxylic acids is 1. The van der Waals surface area contributed by atoms with E-state index in [4.69, 9.17) is 4.74 Å². The van der Waals surface area contributed by atoms with Crippen LogP contribution in [-0.2, 0) is 21.7 Å². The molecule has 148 valence electrons. The number of hydrogen-bond donors (Lipinski definition) is 4. The Morgan fingerprint density at radius 1 is 1.11 bits per heavy atom. The second kappa shape index (κ2) is 8.69. The molecule has 2 rings (SSSR count). The highest BCUT2D eigenvalue weighted by Gasteiger charge is 2.33. The van der Waals surface area contributed by atoms with Gasteiger partial charge in [0.2, 0.25) is 5.79 Å². The van der Waals surface area contributed by atoms with Crippen LogP contribution in [0.3, 0.4) is 0 Å². The van der Waals surface area contributed by atoms with Crippen molar-refractivity contribution < 1.29 is 34.8 Å². The van der Waals surface area contributed by atoms with Gasteiger partial charge in [-0.25, -0.2) is 9.59 Å². The van der Waals surface area contributed by atoms with Crippen LogP contribution in [0.5, 0.6) is 5.75 Å². The van der Waals surface area contributed by atoms with Crippen LogP contribution in [0, 0.1) is 0 Å². The second-order valence-electron chi connectivity index (χ2n) is 6.35. The Morgan fingerprint density at radius 2 is 1.75 bits per heavy atom. The average molecular weight is 386 g/mol. The normalized spacial score (nSPS) is 11.1. The van der Waals surface area contributed by atoms with E-state index >= 15 is 0 Å². The standard InChI is InChI=1S/C21H22O7/c1-13(2)20(25)28-12-6-9-15-17(11-10-16(18(15)22)19(23)24)21(26,27)14-7-4-3-5-8-14/h3-5,7-8,10-11,22,26-27H,1,6,9,12H2,2H3,(H,23,24). The Balaban J connectivity index is 2.37. The molecule has 0 amide bonds. The monoisotopic (exact) mass is 386 g/mol. The van der Waals surface area contributed by atoms with Crippen LogP contribution in [0.2, 0.25) is 0 Å². The zero-order valence-electron chi connectivity index (χ0n) is 15.4. The van der Waals surface area contributed by atoms with Crippen molar-refractivity contribution in [1.29, 1.82) is 0 Å². The van der Waals surface area contributed by atoms with Gasteiger partial charge in [-0.2, -0.15) is 0 Å². The van der Waals surface area contributed by atoms with E-state index in [0.29, 0.717) is 0 Å². The van der Waals surface area contributed by atoms with E-state index in [1.165, 1.54) is 25.1 Å². The van der Waals surface area contributed by atoms with Crippen molar-refractivity contribution in [1.82, 2.24) is 0 Å². The lowest BCUT2D eigenvalue weighted by molar-refractivity contribution is -0.139.